The topological polar surface area (TPSA) is 61.4 Å². The molecule has 4 rings (SSSR count). The van der Waals surface area contributed by atoms with E-state index in [4.69, 9.17) is 0 Å². The molecule has 2 N–H and O–H groups in total. The van der Waals surface area contributed by atoms with E-state index >= 15 is 0 Å². The maximum Gasteiger partial charge on any atom is 0.228 e. The second-order valence-corrected chi connectivity index (χ2v) is 7.97. The van der Waals surface area contributed by atoms with Crippen LogP contribution in [0, 0.1) is 25.7 Å². The average Bonchev–Trinajstić information content (AvgIpc) is 3.31. The molecule has 2 aliphatic rings. The van der Waals surface area contributed by atoms with Crippen molar-refractivity contribution in [2.45, 2.75) is 33.1 Å². The summed E-state index contributed by atoms with van der Waals surface area (Å²) < 4.78 is 0. The molecule has 0 bridgehead atoms. The van der Waals surface area contributed by atoms with E-state index in [1.807, 2.05) is 44.2 Å². The van der Waals surface area contributed by atoms with Crippen LogP contribution in [0.1, 0.15) is 30.4 Å². The average molecular weight is 377 g/mol. The van der Waals surface area contributed by atoms with Gasteiger partial charge < -0.3 is 15.5 Å². The van der Waals surface area contributed by atoms with Crippen molar-refractivity contribution < 1.29 is 9.59 Å². The van der Waals surface area contributed by atoms with Gasteiger partial charge in [0.2, 0.25) is 11.8 Å². The molecular formula is C23H27N3O2. The van der Waals surface area contributed by atoms with Gasteiger partial charge in [0.05, 0.1) is 11.8 Å². The minimum atomic E-state index is -0.246. The Morgan fingerprint density at radius 3 is 2.00 bits per heavy atom. The number of nitrogens with zero attached hydrogens (tertiary/aromatic N) is 1. The van der Waals surface area contributed by atoms with Crippen LogP contribution in [0.3, 0.4) is 0 Å². The number of amides is 2. The number of benzene rings is 2. The zero-order chi connectivity index (χ0) is 19.7. The van der Waals surface area contributed by atoms with Gasteiger partial charge in [0, 0.05) is 30.2 Å². The highest BCUT2D eigenvalue weighted by Gasteiger charge is 2.48. The maximum atomic E-state index is 12.5. The summed E-state index contributed by atoms with van der Waals surface area (Å²) in [5.41, 5.74) is 5.11. The van der Waals surface area contributed by atoms with E-state index in [1.165, 1.54) is 24.1 Å². The lowest BCUT2D eigenvalue weighted by atomic mass is 10.1. The Morgan fingerprint density at radius 2 is 1.39 bits per heavy atom. The van der Waals surface area contributed by atoms with Crippen molar-refractivity contribution in [2.75, 3.05) is 28.6 Å². The van der Waals surface area contributed by atoms with Gasteiger partial charge in [0.15, 0.2) is 0 Å². The number of hydrogen-bond donors (Lipinski definition) is 2. The summed E-state index contributed by atoms with van der Waals surface area (Å²) in [5, 5.41) is 5.88. The summed E-state index contributed by atoms with van der Waals surface area (Å²) in [6.07, 6.45) is 3.09. The van der Waals surface area contributed by atoms with Crippen LogP contribution in [0.5, 0.6) is 0 Å². The predicted octanol–water partition coefficient (Wildman–Crippen LogP) is 4.12. The molecule has 2 unspecified atom stereocenters. The number of carbonyl (C=O) groups is 2. The smallest absolute Gasteiger partial charge is 0.228 e. The van der Waals surface area contributed by atoms with E-state index in [0.717, 1.165) is 30.0 Å². The van der Waals surface area contributed by atoms with Crippen LogP contribution in [-0.2, 0) is 9.59 Å². The second kappa shape index (κ2) is 7.66. The van der Waals surface area contributed by atoms with E-state index in [9.17, 15) is 9.59 Å². The molecule has 2 fully saturated rings. The molecule has 5 heteroatoms. The van der Waals surface area contributed by atoms with Crippen molar-refractivity contribution in [1.82, 2.24) is 0 Å². The van der Waals surface area contributed by atoms with Crippen molar-refractivity contribution in [2.24, 2.45) is 11.8 Å². The number of hydrogen-bond acceptors (Lipinski definition) is 3. The van der Waals surface area contributed by atoms with Crippen molar-refractivity contribution in [3.63, 3.8) is 0 Å². The van der Waals surface area contributed by atoms with Crippen LogP contribution in [-0.4, -0.2) is 24.9 Å². The second-order valence-electron chi connectivity index (χ2n) is 7.97. The lowest BCUT2D eigenvalue weighted by Crippen LogP contribution is -2.21. The van der Waals surface area contributed by atoms with Gasteiger partial charge in [-0.05, 0) is 80.6 Å². The predicted molar refractivity (Wildman–Crippen MR) is 113 cm³/mol. The van der Waals surface area contributed by atoms with E-state index in [0.29, 0.717) is 6.42 Å². The third-order valence-electron chi connectivity index (χ3n) is 5.84. The van der Waals surface area contributed by atoms with Crippen molar-refractivity contribution in [3.05, 3.63) is 53.6 Å². The SMILES string of the molecule is Cc1ccc(NC(=O)C2CC2C(=O)Nc2ccc(N3CCCC3)cc2)cc1C. The quantitative estimate of drug-likeness (QED) is 0.824. The fraction of sp³-hybridized carbons (Fsp3) is 0.391. The zero-order valence-corrected chi connectivity index (χ0v) is 16.5. The van der Waals surface area contributed by atoms with Gasteiger partial charge in [0.1, 0.15) is 0 Å². The molecular weight excluding hydrogens is 350 g/mol. The molecule has 2 atom stereocenters. The largest absolute Gasteiger partial charge is 0.372 e. The highest BCUT2D eigenvalue weighted by molar-refractivity contribution is 6.03. The fourth-order valence-corrected chi connectivity index (χ4v) is 3.79. The van der Waals surface area contributed by atoms with Gasteiger partial charge >= 0.3 is 0 Å². The molecule has 146 valence electrons. The minimum absolute atomic E-state index is 0.0749. The molecule has 2 aromatic carbocycles. The first-order chi connectivity index (χ1) is 13.5. The summed E-state index contributed by atoms with van der Waals surface area (Å²) in [5.74, 6) is -0.641. The first-order valence-corrected chi connectivity index (χ1v) is 10.1. The van der Waals surface area contributed by atoms with E-state index in [-0.39, 0.29) is 23.7 Å². The third kappa shape index (κ3) is 4.03. The Bertz CT molecular complexity index is 885. The van der Waals surface area contributed by atoms with Crippen molar-refractivity contribution in [3.8, 4) is 0 Å². The number of nitrogens with one attached hydrogen (secondary N) is 2. The maximum absolute atomic E-state index is 12.5. The molecule has 0 radical (unpaired) electrons. The number of carbonyl (C=O) groups excluding carboxylic acids is 2. The van der Waals surface area contributed by atoms with E-state index < -0.39 is 0 Å². The van der Waals surface area contributed by atoms with Crippen molar-refractivity contribution >= 4 is 28.9 Å². The minimum Gasteiger partial charge on any atom is -0.372 e. The molecule has 1 aliphatic heterocycles. The van der Waals surface area contributed by atoms with Crippen LogP contribution in [0.15, 0.2) is 42.5 Å². The lowest BCUT2D eigenvalue weighted by Gasteiger charge is -2.17. The molecule has 2 amide bonds. The summed E-state index contributed by atoms with van der Waals surface area (Å²) in [7, 11) is 0. The standard InChI is InChI=1S/C23H27N3O2/c1-15-5-6-18(13-16(15)2)25-23(28)21-14-20(21)22(27)24-17-7-9-19(10-8-17)26-11-3-4-12-26/h5-10,13,20-21H,3-4,11-12,14H2,1-2H3,(H,24,27)(H,25,28). The molecule has 1 heterocycles. The summed E-state index contributed by atoms with van der Waals surface area (Å²) >= 11 is 0. The number of rotatable bonds is 5. The third-order valence-corrected chi connectivity index (χ3v) is 5.84. The van der Waals surface area contributed by atoms with Crippen LogP contribution < -0.4 is 15.5 Å². The van der Waals surface area contributed by atoms with Gasteiger partial charge in [-0.25, -0.2) is 0 Å². The Labute approximate surface area is 166 Å². The van der Waals surface area contributed by atoms with Crippen LogP contribution >= 0.6 is 0 Å². The molecule has 0 spiro atoms. The van der Waals surface area contributed by atoms with Gasteiger partial charge in [-0.1, -0.05) is 6.07 Å². The summed E-state index contributed by atoms with van der Waals surface area (Å²) in [4.78, 5) is 27.3. The zero-order valence-electron chi connectivity index (χ0n) is 16.5. The normalized spacial score (nSPS) is 20.7. The molecule has 5 nitrogen and oxygen atoms in total. The Balaban J connectivity index is 1.30. The van der Waals surface area contributed by atoms with Gasteiger partial charge in [0.25, 0.3) is 0 Å². The van der Waals surface area contributed by atoms with Crippen molar-refractivity contribution in [1.29, 1.82) is 0 Å². The molecule has 0 aromatic heterocycles. The van der Waals surface area contributed by atoms with Gasteiger partial charge in [-0.2, -0.15) is 0 Å². The first kappa shape index (κ1) is 18.5. The van der Waals surface area contributed by atoms with E-state index in [1.54, 1.807) is 0 Å². The number of anilines is 3. The van der Waals surface area contributed by atoms with Gasteiger partial charge in [-0.3, -0.25) is 9.59 Å². The van der Waals surface area contributed by atoms with E-state index in [2.05, 4.69) is 27.7 Å². The Hall–Kier alpha value is -2.82. The monoisotopic (exact) mass is 377 g/mol. The van der Waals surface area contributed by atoms with Crippen LogP contribution in [0.4, 0.5) is 17.1 Å². The fourth-order valence-electron chi connectivity index (χ4n) is 3.79. The first-order valence-electron chi connectivity index (χ1n) is 10.1. The molecule has 1 saturated heterocycles. The van der Waals surface area contributed by atoms with Crippen LogP contribution in [0.2, 0.25) is 0 Å². The highest BCUT2D eigenvalue weighted by Crippen LogP contribution is 2.40. The Morgan fingerprint density at radius 1 is 0.821 bits per heavy atom. The Kier molecular flexibility index (Phi) is 5.07. The number of aryl methyl sites for hydroxylation is 2. The van der Waals surface area contributed by atoms with Crippen LogP contribution in [0.25, 0.3) is 0 Å². The lowest BCUT2D eigenvalue weighted by molar-refractivity contribution is -0.122. The highest BCUT2D eigenvalue weighted by atomic mass is 16.2. The molecule has 1 saturated carbocycles. The molecule has 28 heavy (non-hydrogen) atoms. The summed E-state index contributed by atoms with van der Waals surface area (Å²) in [6, 6.07) is 13.9. The van der Waals surface area contributed by atoms with Gasteiger partial charge in [-0.15, -0.1) is 0 Å². The molecule has 1 aliphatic carbocycles. The summed E-state index contributed by atoms with van der Waals surface area (Å²) in [6.45, 7) is 6.27. The molecule has 2 aromatic rings.